The van der Waals surface area contributed by atoms with Gasteiger partial charge in [-0.15, -0.1) is 0 Å². The molecule has 0 saturated heterocycles. The van der Waals surface area contributed by atoms with Crippen molar-refractivity contribution in [1.29, 1.82) is 0 Å². The molecule has 0 atom stereocenters. The number of carboxylic acids is 1. The van der Waals surface area contributed by atoms with Crippen molar-refractivity contribution in [3.05, 3.63) is 96.2 Å². The topological polar surface area (TPSA) is 67.6 Å². The minimum Gasteiger partial charge on any atom is -0.482 e. The van der Waals surface area contributed by atoms with Crippen LogP contribution in [0.4, 0.5) is 0 Å². The second kappa shape index (κ2) is 14.8. The van der Waals surface area contributed by atoms with Crippen molar-refractivity contribution >= 4 is 5.97 Å². The van der Waals surface area contributed by atoms with Gasteiger partial charge in [0.1, 0.15) is 11.6 Å². The molecule has 0 radical (unpaired) electrons. The van der Waals surface area contributed by atoms with Gasteiger partial charge in [-0.3, -0.25) is 4.90 Å². The summed E-state index contributed by atoms with van der Waals surface area (Å²) in [7, 11) is 0. The molecule has 42 heavy (non-hydrogen) atoms. The molecule has 1 saturated carbocycles. The molecule has 6 heteroatoms. The van der Waals surface area contributed by atoms with Crippen molar-refractivity contribution in [2.45, 2.75) is 71.5 Å². The summed E-state index contributed by atoms with van der Waals surface area (Å²) in [5.41, 5.74) is 5.82. The fourth-order valence-corrected chi connectivity index (χ4v) is 6.06. The molecule has 4 aromatic rings. The van der Waals surface area contributed by atoms with E-state index in [-0.39, 0.29) is 6.61 Å². The number of benzene rings is 3. The fraction of sp³-hybridized carbons (Fsp3) is 0.389. The molecule has 3 aromatic carbocycles. The van der Waals surface area contributed by atoms with Gasteiger partial charge < -0.3 is 14.4 Å². The zero-order valence-electron chi connectivity index (χ0n) is 24.8. The third-order valence-corrected chi connectivity index (χ3v) is 8.19. The van der Waals surface area contributed by atoms with E-state index in [2.05, 4.69) is 89.2 Å². The molecule has 1 N–H and O–H groups in total. The zero-order valence-corrected chi connectivity index (χ0v) is 24.8. The first-order valence-corrected chi connectivity index (χ1v) is 15.5. The van der Waals surface area contributed by atoms with Gasteiger partial charge in [-0.05, 0) is 42.9 Å². The van der Waals surface area contributed by atoms with Gasteiger partial charge in [-0.1, -0.05) is 105 Å². The van der Waals surface area contributed by atoms with Gasteiger partial charge in [0.25, 0.3) is 0 Å². The van der Waals surface area contributed by atoms with Crippen LogP contribution in [0.2, 0.25) is 0 Å². The van der Waals surface area contributed by atoms with Gasteiger partial charge in [0.15, 0.2) is 6.61 Å². The van der Waals surface area contributed by atoms with Crippen molar-refractivity contribution in [1.82, 2.24) is 14.5 Å². The maximum absolute atomic E-state index is 10.9. The molecule has 0 spiro atoms. The van der Waals surface area contributed by atoms with E-state index in [1.165, 1.54) is 43.4 Å². The number of carbonyl (C=O) groups is 1. The molecule has 220 valence electrons. The van der Waals surface area contributed by atoms with E-state index >= 15 is 0 Å². The number of imidazole rings is 1. The summed E-state index contributed by atoms with van der Waals surface area (Å²) in [4.78, 5) is 18.9. The van der Waals surface area contributed by atoms with Crippen molar-refractivity contribution < 1.29 is 14.6 Å². The number of rotatable bonds is 14. The van der Waals surface area contributed by atoms with Crippen LogP contribution in [-0.4, -0.2) is 38.7 Å². The molecule has 6 nitrogen and oxygen atoms in total. The fourth-order valence-electron chi connectivity index (χ4n) is 6.06. The van der Waals surface area contributed by atoms with Crippen LogP contribution < -0.4 is 4.74 Å². The van der Waals surface area contributed by atoms with E-state index in [1.807, 2.05) is 12.1 Å². The van der Waals surface area contributed by atoms with Crippen LogP contribution in [0.15, 0.2) is 84.9 Å². The standard InChI is InChI=1S/C36H43N3O3/c1-2-3-23-39-33(35(30-15-9-5-10-16-30)37-36(39)31-17-11-6-12-18-31)26-38(24-28-13-7-4-8-14-28)25-29-19-21-32(22-20-29)42-27-34(40)41/h5-6,9-12,15-22,28H,2-4,7-8,13-14,23-27H2,1H3,(H,40,41). The molecular weight excluding hydrogens is 522 g/mol. The smallest absolute Gasteiger partial charge is 0.341 e. The monoisotopic (exact) mass is 565 g/mol. The van der Waals surface area contributed by atoms with Crippen LogP contribution >= 0.6 is 0 Å². The van der Waals surface area contributed by atoms with E-state index in [9.17, 15) is 4.79 Å². The van der Waals surface area contributed by atoms with E-state index in [0.29, 0.717) is 11.7 Å². The van der Waals surface area contributed by atoms with Gasteiger partial charge in [-0.2, -0.15) is 0 Å². The Labute approximate surface area is 250 Å². The minimum atomic E-state index is -0.971. The molecule has 0 unspecified atom stereocenters. The first-order chi connectivity index (χ1) is 20.6. The zero-order chi connectivity index (χ0) is 29.1. The number of nitrogens with zero attached hydrogens (tertiary/aromatic N) is 3. The molecular formula is C36H43N3O3. The van der Waals surface area contributed by atoms with E-state index in [0.717, 1.165) is 61.7 Å². The maximum atomic E-state index is 10.9. The Morgan fingerprint density at radius 2 is 1.57 bits per heavy atom. The van der Waals surface area contributed by atoms with Gasteiger partial charge in [-0.25, -0.2) is 9.78 Å². The molecule has 0 amide bonds. The van der Waals surface area contributed by atoms with Gasteiger partial charge in [0, 0.05) is 37.3 Å². The van der Waals surface area contributed by atoms with E-state index < -0.39 is 5.97 Å². The normalized spacial score (nSPS) is 13.9. The Morgan fingerprint density at radius 3 is 2.21 bits per heavy atom. The molecule has 1 aliphatic carbocycles. The van der Waals surface area contributed by atoms with Gasteiger partial charge >= 0.3 is 5.97 Å². The molecule has 1 aliphatic rings. The van der Waals surface area contributed by atoms with Crippen LogP contribution in [0.3, 0.4) is 0 Å². The van der Waals surface area contributed by atoms with Gasteiger partial charge in [0.2, 0.25) is 0 Å². The SMILES string of the molecule is CCCCn1c(-c2ccccc2)nc(-c2ccccc2)c1CN(Cc1ccc(OCC(=O)O)cc1)CC1CCCCC1. The lowest BCUT2D eigenvalue weighted by atomic mass is 9.89. The number of carboxylic acid groups (broad SMARTS) is 1. The lowest BCUT2D eigenvalue weighted by Gasteiger charge is -2.30. The Morgan fingerprint density at radius 1 is 0.905 bits per heavy atom. The van der Waals surface area contributed by atoms with Crippen LogP contribution in [0.5, 0.6) is 5.75 Å². The summed E-state index contributed by atoms with van der Waals surface area (Å²) < 4.78 is 7.85. The van der Waals surface area contributed by atoms with Crippen LogP contribution in [0, 0.1) is 5.92 Å². The third kappa shape index (κ3) is 7.89. The highest BCUT2D eigenvalue weighted by atomic mass is 16.5. The molecule has 1 fully saturated rings. The van der Waals surface area contributed by atoms with Crippen molar-refractivity contribution in [3.8, 4) is 28.4 Å². The highest BCUT2D eigenvalue weighted by Crippen LogP contribution is 2.33. The average molecular weight is 566 g/mol. The number of hydrogen-bond donors (Lipinski definition) is 1. The number of hydrogen-bond acceptors (Lipinski definition) is 4. The largest absolute Gasteiger partial charge is 0.482 e. The Balaban J connectivity index is 1.51. The van der Waals surface area contributed by atoms with Crippen molar-refractivity contribution in [2.75, 3.05) is 13.2 Å². The van der Waals surface area contributed by atoms with Gasteiger partial charge in [0.05, 0.1) is 11.4 Å². The van der Waals surface area contributed by atoms with E-state index in [4.69, 9.17) is 14.8 Å². The highest BCUT2D eigenvalue weighted by molar-refractivity contribution is 5.69. The first-order valence-electron chi connectivity index (χ1n) is 15.5. The Bertz CT molecular complexity index is 1390. The minimum absolute atomic E-state index is 0.332. The molecule has 5 rings (SSSR count). The second-order valence-electron chi connectivity index (χ2n) is 11.5. The Kier molecular flexibility index (Phi) is 10.4. The second-order valence-corrected chi connectivity index (χ2v) is 11.5. The van der Waals surface area contributed by atoms with Crippen LogP contribution in [-0.2, 0) is 24.4 Å². The third-order valence-electron chi connectivity index (χ3n) is 8.19. The van der Waals surface area contributed by atoms with E-state index in [1.54, 1.807) is 0 Å². The summed E-state index contributed by atoms with van der Waals surface area (Å²) in [5.74, 6) is 1.34. The number of ether oxygens (including phenoxy) is 1. The number of aliphatic carboxylic acids is 1. The molecule has 1 heterocycles. The summed E-state index contributed by atoms with van der Waals surface area (Å²) in [5, 5.41) is 8.96. The average Bonchev–Trinajstić information content (AvgIpc) is 3.38. The summed E-state index contributed by atoms with van der Waals surface area (Å²) in [6, 6.07) is 29.1. The summed E-state index contributed by atoms with van der Waals surface area (Å²) >= 11 is 0. The van der Waals surface area contributed by atoms with Crippen LogP contribution in [0.1, 0.15) is 63.1 Å². The molecule has 0 bridgehead atoms. The highest BCUT2D eigenvalue weighted by Gasteiger charge is 2.24. The maximum Gasteiger partial charge on any atom is 0.341 e. The summed E-state index contributed by atoms with van der Waals surface area (Å²) in [6.07, 6.45) is 8.76. The lowest BCUT2D eigenvalue weighted by Crippen LogP contribution is -2.31. The summed E-state index contributed by atoms with van der Waals surface area (Å²) in [6.45, 7) is 5.51. The quantitative estimate of drug-likeness (QED) is 0.167. The number of aromatic nitrogens is 2. The predicted molar refractivity (Wildman–Crippen MR) is 168 cm³/mol. The van der Waals surface area contributed by atoms with Crippen LogP contribution in [0.25, 0.3) is 22.6 Å². The lowest BCUT2D eigenvalue weighted by molar-refractivity contribution is -0.139. The first kappa shape index (κ1) is 29.6. The van der Waals surface area contributed by atoms with Crippen molar-refractivity contribution in [2.24, 2.45) is 5.92 Å². The predicted octanol–water partition coefficient (Wildman–Crippen LogP) is 8.06. The molecule has 0 aliphatic heterocycles. The number of unbranched alkanes of at least 4 members (excludes halogenated alkanes) is 1. The van der Waals surface area contributed by atoms with Crippen molar-refractivity contribution in [3.63, 3.8) is 0 Å². The Hall–Kier alpha value is -3.90. The molecule has 1 aromatic heterocycles.